The van der Waals surface area contributed by atoms with Gasteiger partial charge in [-0.2, -0.15) is 5.06 Å². The quantitative estimate of drug-likeness (QED) is 0.153. The van der Waals surface area contributed by atoms with Gasteiger partial charge in [-0.05, 0) is 40.9 Å². The van der Waals surface area contributed by atoms with E-state index in [1.807, 2.05) is 0 Å². The van der Waals surface area contributed by atoms with Crippen LogP contribution in [0.5, 0.6) is 0 Å². The maximum absolute atomic E-state index is 11.6. The molecule has 0 radical (unpaired) electrons. The first-order chi connectivity index (χ1) is 10.5. The molecule has 0 unspecified atom stereocenters. The average molecular weight is 369 g/mol. The standard InChI is InChI=1S/C14H28N2O3S3/c1-16(18)12-8-11-15-13(17)9-6-4-2-3-5-7-10-14-20-22(14,19)21-14/h18,22H,2-12H2,1H3,(H,15,17). The van der Waals surface area contributed by atoms with Crippen LogP contribution in [0.15, 0.2) is 0 Å². The number of carbonyl (C=O) groups is 1. The van der Waals surface area contributed by atoms with Gasteiger partial charge in [-0.3, -0.25) is 9.00 Å². The van der Waals surface area contributed by atoms with Gasteiger partial charge in [0.1, 0.15) is 0 Å². The van der Waals surface area contributed by atoms with E-state index in [2.05, 4.69) is 5.32 Å². The zero-order valence-corrected chi connectivity index (χ0v) is 15.8. The fraction of sp³-hybridized carbons (Fsp3) is 0.929. The zero-order chi connectivity index (χ0) is 16.1. The van der Waals surface area contributed by atoms with Gasteiger partial charge >= 0.3 is 0 Å². The molecule has 2 rings (SSSR count). The summed E-state index contributed by atoms with van der Waals surface area (Å²) in [5.74, 6) is 0.118. The molecule has 0 spiro atoms. The smallest absolute Gasteiger partial charge is 0.219 e. The highest BCUT2D eigenvalue weighted by Crippen LogP contribution is 2.94. The van der Waals surface area contributed by atoms with E-state index in [9.17, 15) is 9.00 Å². The predicted octanol–water partition coefficient (Wildman–Crippen LogP) is 2.93. The fourth-order valence-corrected chi connectivity index (χ4v) is 13.1. The molecule has 130 valence electrons. The molecule has 0 bridgehead atoms. The van der Waals surface area contributed by atoms with E-state index in [1.165, 1.54) is 25.7 Å². The molecule has 2 fully saturated rings. The van der Waals surface area contributed by atoms with Crippen molar-refractivity contribution in [2.75, 3.05) is 20.1 Å². The van der Waals surface area contributed by atoms with E-state index in [4.69, 9.17) is 5.21 Å². The Balaban J connectivity index is 1.30. The number of nitrogens with zero attached hydrogens (tertiary/aromatic N) is 1. The third-order valence-electron chi connectivity index (χ3n) is 4.01. The maximum atomic E-state index is 11.6. The molecule has 8 heteroatoms. The van der Waals surface area contributed by atoms with Gasteiger partial charge in [0.25, 0.3) is 0 Å². The molecule has 2 N–H and O–H groups in total. The summed E-state index contributed by atoms with van der Waals surface area (Å²) in [6, 6.07) is 0. The highest BCUT2D eigenvalue weighted by Gasteiger charge is 2.80. The summed E-state index contributed by atoms with van der Waals surface area (Å²) in [7, 11) is 3.35. The normalized spacial score (nSPS) is 25.6. The van der Waals surface area contributed by atoms with Gasteiger partial charge in [0, 0.05) is 34.6 Å². The lowest BCUT2D eigenvalue weighted by Gasteiger charge is -2.08. The van der Waals surface area contributed by atoms with Gasteiger partial charge in [0.05, 0.1) is 0 Å². The molecule has 0 aromatic rings. The number of rotatable bonds is 13. The molecule has 0 saturated carbocycles. The average Bonchev–Trinajstić information content (AvgIpc) is 3.21. The summed E-state index contributed by atoms with van der Waals surface area (Å²) in [5.41, 5.74) is 0. The number of nitrogens with one attached hydrogen (secondary N) is 1. The molecule has 0 aromatic heterocycles. The Morgan fingerprint density at radius 2 is 1.73 bits per heavy atom. The summed E-state index contributed by atoms with van der Waals surface area (Å²) in [6.07, 6.45) is 9.40. The molecule has 2 aliphatic heterocycles. The van der Waals surface area contributed by atoms with Crippen LogP contribution in [0, 0.1) is 0 Å². The first-order valence-electron chi connectivity index (χ1n) is 8.16. The summed E-state index contributed by atoms with van der Waals surface area (Å²) < 4.78 is 11.8. The fourth-order valence-electron chi connectivity index (χ4n) is 2.53. The van der Waals surface area contributed by atoms with E-state index in [0.717, 1.165) is 30.7 Å². The van der Waals surface area contributed by atoms with Crippen LogP contribution in [0.1, 0.15) is 57.8 Å². The van der Waals surface area contributed by atoms with Crippen LogP contribution in [0.3, 0.4) is 0 Å². The molecule has 2 saturated heterocycles. The molecular formula is C14H28N2O3S3. The second-order valence-corrected chi connectivity index (χ2v) is 15.4. The van der Waals surface area contributed by atoms with Gasteiger partial charge in [-0.15, -0.1) is 0 Å². The number of hydrogen-bond donors (Lipinski definition) is 3. The first-order valence-corrected chi connectivity index (χ1v) is 12.7. The SMILES string of the molecule is CN(O)CCCNC(=O)CCCCCCCCC12S[SH]1(=O)S2. The van der Waals surface area contributed by atoms with Crippen LogP contribution in [-0.2, 0) is 12.8 Å². The topological polar surface area (TPSA) is 69.6 Å². The summed E-state index contributed by atoms with van der Waals surface area (Å²) >= 11 is 0. The van der Waals surface area contributed by atoms with E-state index < -0.39 is 8.00 Å². The van der Waals surface area contributed by atoms with Crippen molar-refractivity contribution in [1.82, 2.24) is 10.4 Å². The summed E-state index contributed by atoms with van der Waals surface area (Å²) in [4.78, 5) is 11.6. The zero-order valence-electron chi connectivity index (χ0n) is 13.3. The Morgan fingerprint density at radius 1 is 1.14 bits per heavy atom. The Kier molecular flexibility index (Phi) is 7.07. The second kappa shape index (κ2) is 8.37. The maximum Gasteiger partial charge on any atom is 0.219 e. The first kappa shape index (κ1) is 18.6. The van der Waals surface area contributed by atoms with Crippen LogP contribution in [0.2, 0.25) is 0 Å². The minimum absolute atomic E-state index is 0.118. The van der Waals surface area contributed by atoms with Crippen molar-refractivity contribution in [3.05, 3.63) is 0 Å². The number of unbranched alkanes of at least 4 members (excludes halogenated alkanes) is 5. The van der Waals surface area contributed by atoms with Gasteiger partial charge in [0.15, 0.2) is 3.41 Å². The Bertz CT molecular complexity index is 422. The molecule has 0 aromatic carbocycles. The summed E-state index contributed by atoms with van der Waals surface area (Å²) in [5, 5.41) is 13.0. The molecule has 2 aliphatic rings. The largest absolute Gasteiger partial charge is 0.356 e. The number of fused-ring (bicyclic) bond motifs is 1. The van der Waals surface area contributed by atoms with Crippen molar-refractivity contribution in [3.63, 3.8) is 0 Å². The molecular weight excluding hydrogens is 340 g/mol. The number of amides is 1. The lowest BCUT2D eigenvalue weighted by atomic mass is 10.1. The lowest BCUT2D eigenvalue weighted by molar-refractivity contribution is -0.121. The minimum Gasteiger partial charge on any atom is -0.356 e. The third-order valence-corrected chi connectivity index (χ3v) is 15.3. The monoisotopic (exact) mass is 368 g/mol. The lowest BCUT2D eigenvalue weighted by Crippen LogP contribution is -2.26. The van der Waals surface area contributed by atoms with E-state index in [-0.39, 0.29) is 9.32 Å². The molecule has 1 amide bonds. The molecule has 0 atom stereocenters. The number of carbonyl (C=O) groups excluding carboxylic acids is 1. The van der Waals surface area contributed by atoms with Crippen LogP contribution in [0.25, 0.3) is 0 Å². The minimum atomic E-state index is -1.68. The van der Waals surface area contributed by atoms with Crippen molar-refractivity contribution in [2.24, 2.45) is 0 Å². The number of hydrogen-bond acceptors (Lipinski definition) is 6. The number of hydroxylamine groups is 2. The van der Waals surface area contributed by atoms with Crippen molar-refractivity contribution in [1.29, 1.82) is 0 Å². The molecule has 0 aliphatic carbocycles. The van der Waals surface area contributed by atoms with Crippen molar-refractivity contribution in [2.45, 2.75) is 61.2 Å². The van der Waals surface area contributed by atoms with E-state index >= 15 is 0 Å². The highest BCUT2D eigenvalue weighted by molar-refractivity contribution is 9.38. The van der Waals surface area contributed by atoms with Gasteiger partial charge in [-0.25, -0.2) is 0 Å². The summed E-state index contributed by atoms with van der Waals surface area (Å²) in [6.45, 7) is 1.21. The molecule has 5 nitrogen and oxygen atoms in total. The van der Waals surface area contributed by atoms with Crippen LogP contribution < -0.4 is 5.32 Å². The third kappa shape index (κ3) is 5.70. The molecule has 22 heavy (non-hydrogen) atoms. The number of thiol groups is 1. The van der Waals surface area contributed by atoms with Crippen molar-refractivity contribution < 1.29 is 14.2 Å². The Morgan fingerprint density at radius 3 is 2.32 bits per heavy atom. The Hall–Kier alpha value is 0.240. The predicted molar refractivity (Wildman–Crippen MR) is 96.4 cm³/mol. The van der Waals surface area contributed by atoms with Crippen molar-refractivity contribution in [3.8, 4) is 0 Å². The van der Waals surface area contributed by atoms with E-state index in [1.54, 1.807) is 28.6 Å². The van der Waals surface area contributed by atoms with Crippen molar-refractivity contribution >= 4 is 35.5 Å². The van der Waals surface area contributed by atoms with Gasteiger partial charge in [0.2, 0.25) is 5.91 Å². The van der Waals surface area contributed by atoms with Gasteiger partial charge in [-0.1, -0.05) is 32.1 Å². The van der Waals surface area contributed by atoms with Crippen LogP contribution >= 0.6 is 21.6 Å². The van der Waals surface area contributed by atoms with Gasteiger partial charge < -0.3 is 10.5 Å². The second-order valence-electron chi connectivity index (χ2n) is 6.10. The van der Waals surface area contributed by atoms with Crippen LogP contribution in [0.4, 0.5) is 0 Å². The Labute approximate surface area is 141 Å². The molecule has 2 heterocycles. The van der Waals surface area contributed by atoms with Crippen LogP contribution in [-0.4, -0.2) is 43.9 Å². The highest BCUT2D eigenvalue weighted by atomic mass is 33.6. The van der Waals surface area contributed by atoms with E-state index in [0.29, 0.717) is 19.5 Å².